The van der Waals surface area contributed by atoms with Crippen LogP contribution in [0.5, 0.6) is 0 Å². The summed E-state index contributed by atoms with van der Waals surface area (Å²) in [6, 6.07) is 7.84. The van der Waals surface area contributed by atoms with Crippen LogP contribution in [0.15, 0.2) is 24.3 Å². The molecular weight excluding hydrogens is 140 g/mol. The van der Waals surface area contributed by atoms with Crippen LogP contribution in [0.1, 0.15) is 22.3 Å². The van der Waals surface area contributed by atoms with Gasteiger partial charge in [0.05, 0.1) is 0 Å². The number of carbonyl (C=O) groups is 1. The maximum absolute atomic E-state index is 11.1. The molecule has 2 heteroatoms. The smallest absolute Gasteiger partial charge is 0.163 e. The van der Waals surface area contributed by atoms with E-state index in [1.165, 1.54) is 5.56 Å². The molecule has 0 bridgehead atoms. The molecule has 1 aromatic rings. The van der Waals surface area contributed by atoms with E-state index in [1.807, 2.05) is 24.3 Å². The number of hydrogen-bond donors (Lipinski definition) is 0. The maximum atomic E-state index is 11.1. The average molecular weight is 150 g/mol. The first-order valence-corrected chi connectivity index (χ1v) is 3.49. The zero-order valence-corrected chi connectivity index (χ0v) is 6.13. The van der Waals surface area contributed by atoms with Gasteiger partial charge in [-0.3, -0.25) is 4.79 Å². The molecule has 0 atom stereocenters. The number of benzene rings is 1. The van der Waals surface area contributed by atoms with Gasteiger partial charge in [-0.05, 0) is 12.0 Å². The highest BCUT2D eigenvalue weighted by Crippen LogP contribution is 2.20. The van der Waals surface area contributed by atoms with Crippen LogP contribution in [0.2, 0.25) is 0 Å². The van der Waals surface area contributed by atoms with Gasteiger partial charge >= 0.3 is 0 Å². The van der Waals surface area contributed by atoms with Crippen molar-refractivity contribution in [3.8, 4) is 0 Å². The van der Waals surface area contributed by atoms with E-state index in [1.54, 1.807) is 0 Å². The summed E-state index contributed by atoms with van der Waals surface area (Å²) < 4.78 is 0. The number of rotatable bonds is 0. The zero-order chi connectivity index (χ0) is 6.97. The molecule has 0 fully saturated rings. The predicted molar refractivity (Wildman–Crippen MR) is 42.7 cm³/mol. The molecule has 2 nitrogen and oxygen atoms in total. The van der Waals surface area contributed by atoms with Crippen molar-refractivity contribution in [3.63, 3.8) is 0 Å². The van der Waals surface area contributed by atoms with Gasteiger partial charge in [0, 0.05) is 12.0 Å². The quantitative estimate of drug-likeness (QED) is 0.544. The van der Waals surface area contributed by atoms with Gasteiger partial charge in [0.1, 0.15) is 0 Å². The van der Waals surface area contributed by atoms with Crippen molar-refractivity contribution in [2.45, 2.75) is 12.8 Å². The van der Waals surface area contributed by atoms with E-state index in [4.69, 9.17) is 0 Å². The monoisotopic (exact) mass is 150 g/mol. The molecule has 58 valence electrons. The Morgan fingerprint density at radius 1 is 1.09 bits per heavy atom. The van der Waals surface area contributed by atoms with Gasteiger partial charge in [0.2, 0.25) is 0 Å². The highest BCUT2D eigenvalue weighted by atomic mass is 16.1. The van der Waals surface area contributed by atoms with Gasteiger partial charge in [-0.15, -0.1) is 0 Å². The van der Waals surface area contributed by atoms with Crippen LogP contribution in [0.25, 0.3) is 0 Å². The number of fused-ring (bicyclic) bond motifs is 1. The second-order valence-electron chi connectivity index (χ2n) is 2.58. The van der Waals surface area contributed by atoms with Crippen molar-refractivity contribution >= 4 is 5.78 Å². The van der Waals surface area contributed by atoms with Crippen LogP contribution in [-0.2, 0) is 6.42 Å². The van der Waals surface area contributed by atoms with Crippen molar-refractivity contribution in [1.82, 2.24) is 0 Å². The van der Waals surface area contributed by atoms with Crippen molar-refractivity contribution in [1.29, 1.82) is 0 Å². The normalized spacial score (nSPS) is 14.0. The molecule has 0 radical (unpaired) electrons. The van der Waals surface area contributed by atoms with Crippen LogP contribution in [0.4, 0.5) is 0 Å². The number of ketones is 1. The lowest BCUT2D eigenvalue weighted by atomic mass is 10.1. The van der Waals surface area contributed by atoms with Crippen LogP contribution in [0.3, 0.4) is 0 Å². The first-order chi connectivity index (χ1) is 4.88. The van der Waals surface area contributed by atoms with Gasteiger partial charge in [-0.25, -0.2) is 0 Å². The topological polar surface area (TPSA) is 48.6 Å². The van der Waals surface area contributed by atoms with Crippen molar-refractivity contribution < 1.29 is 10.3 Å². The standard InChI is InChI=1S/C9H8O.H2O/c10-9-6-5-7-3-1-2-4-8(7)9;/h1-4H,5-6H2;1H2. The summed E-state index contributed by atoms with van der Waals surface area (Å²) in [6.45, 7) is 0. The van der Waals surface area contributed by atoms with Gasteiger partial charge in [0.15, 0.2) is 5.78 Å². The lowest BCUT2D eigenvalue weighted by Crippen LogP contribution is -1.88. The molecule has 2 N–H and O–H groups in total. The van der Waals surface area contributed by atoms with E-state index in [9.17, 15) is 4.79 Å². The first-order valence-electron chi connectivity index (χ1n) is 3.49. The number of Topliss-reactive ketones (excluding diaryl/α,β-unsaturated/α-hetero) is 1. The first kappa shape index (κ1) is 7.95. The SMILES string of the molecule is O.O=C1CCc2ccccc21. The van der Waals surface area contributed by atoms with Crippen molar-refractivity contribution in [2.75, 3.05) is 0 Å². The minimum Gasteiger partial charge on any atom is -0.412 e. The summed E-state index contributed by atoms with van der Waals surface area (Å²) in [7, 11) is 0. The molecule has 0 saturated carbocycles. The molecule has 1 aliphatic carbocycles. The third-order valence-corrected chi connectivity index (χ3v) is 1.94. The number of carbonyl (C=O) groups excluding carboxylic acids is 1. The molecule has 0 amide bonds. The Labute approximate surface area is 65.2 Å². The third kappa shape index (κ3) is 1.17. The Morgan fingerprint density at radius 3 is 2.55 bits per heavy atom. The van der Waals surface area contributed by atoms with Gasteiger partial charge in [-0.1, -0.05) is 24.3 Å². The Bertz CT molecular complexity index is 279. The fourth-order valence-corrected chi connectivity index (χ4v) is 1.39. The summed E-state index contributed by atoms with van der Waals surface area (Å²) >= 11 is 0. The molecular formula is C9H10O2. The zero-order valence-electron chi connectivity index (χ0n) is 6.13. The van der Waals surface area contributed by atoms with Crippen LogP contribution in [0, 0.1) is 0 Å². The van der Waals surface area contributed by atoms with Crippen molar-refractivity contribution in [2.24, 2.45) is 0 Å². The Morgan fingerprint density at radius 2 is 1.82 bits per heavy atom. The van der Waals surface area contributed by atoms with Gasteiger partial charge in [0.25, 0.3) is 0 Å². The maximum Gasteiger partial charge on any atom is 0.163 e. The van der Waals surface area contributed by atoms with Crippen LogP contribution >= 0.6 is 0 Å². The summed E-state index contributed by atoms with van der Waals surface area (Å²) in [4.78, 5) is 11.1. The molecule has 2 rings (SSSR count). The molecule has 0 spiro atoms. The molecule has 11 heavy (non-hydrogen) atoms. The van der Waals surface area contributed by atoms with Gasteiger partial charge < -0.3 is 5.48 Å². The third-order valence-electron chi connectivity index (χ3n) is 1.94. The number of aryl methyl sites for hydroxylation is 1. The summed E-state index contributed by atoms with van der Waals surface area (Å²) in [5.41, 5.74) is 2.15. The molecule has 1 aromatic carbocycles. The van der Waals surface area contributed by atoms with E-state index in [0.29, 0.717) is 12.2 Å². The number of hydrogen-bond acceptors (Lipinski definition) is 1. The van der Waals surface area contributed by atoms with E-state index in [2.05, 4.69) is 0 Å². The fourth-order valence-electron chi connectivity index (χ4n) is 1.39. The molecule has 0 aliphatic heterocycles. The molecule has 1 aliphatic rings. The fraction of sp³-hybridized carbons (Fsp3) is 0.222. The summed E-state index contributed by atoms with van der Waals surface area (Å²) in [6.07, 6.45) is 1.65. The lowest BCUT2D eigenvalue weighted by Gasteiger charge is -1.92. The highest BCUT2D eigenvalue weighted by molar-refractivity contribution is 6.00. The second-order valence-corrected chi connectivity index (χ2v) is 2.58. The minimum absolute atomic E-state index is 0. The van der Waals surface area contributed by atoms with Crippen LogP contribution < -0.4 is 0 Å². The minimum atomic E-state index is 0. The van der Waals surface area contributed by atoms with Gasteiger partial charge in [-0.2, -0.15) is 0 Å². The Kier molecular flexibility index (Phi) is 2.06. The Hall–Kier alpha value is -1.15. The van der Waals surface area contributed by atoms with E-state index < -0.39 is 0 Å². The molecule has 0 saturated heterocycles. The summed E-state index contributed by atoms with van der Waals surface area (Å²) in [5.74, 6) is 0.301. The van der Waals surface area contributed by atoms with E-state index in [-0.39, 0.29) is 5.48 Å². The predicted octanol–water partition coefficient (Wildman–Crippen LogP) is 0.991. The van der Waals surface area contributed by atoms with Crippen LogP contribution in [-0.4, -0.2) is 11.3 Å². The highest BCUT2D eigenvalue weighted by Gasteiger charge is 2.17. The molecule has 0 unspecified atom stereocenters. The molecule has 0 heterocycles. The Balaban J connectivity index is 0.000000605. The summed E-state index contributed by atoms with van der Waals surface area (Å²) in [5, 5.41) is 0. The largest absolute Gasteiger partial charge is 0.412 e. The average Bonchev–Trinajstić information content (AvgIpc) is 2.34. The second kappa shape index (κ2) is 2.84. The molecule has 0 aromatic heterocycles. The van der Waals surface area contributed by atoms with Crippen molar-refractivity contribution in [3.05, 3.63) is 35.4 Å². The van der Waals surface area contributed by atoms with E-state index in [0.717, 1.165) is 12.0 Å². The van der Waals surface area contributed by atoms with E-state index >= 15 is 0 Å². The lowest BCUT2D eigenvalue weighted by molar-refractivity contribution is 0.0994.